The monoisotopic (exact) mass is 253 g/mol. The lowest BCUT2D eigenvalue weighted by molar-refractivity contribution is 0.141. The van der Waals surface area contributed by atoms with Crippen LogP contribution < -0.4 is 5.32 Å². The van der Waals surface area contributed by atoms with Gasteiger partial charge in [0.15, 0.2) is 0 Å². The van der Waals surface area contributed by atoms with Crippen molar-refractivity contribution in [3.63, 3.8) is 0 Å². The zero-order valence-electron chi connectivity index (χ0n) is 11.6. The van der Waals surface area contributed by atoms with E-state index in [4.69, 9.17) is 4.74 Å². The minimum atomic E-state index is -0.155. The molecule has 0 aliphatic heterocycles. The maximum atomic E-state index is 13.4. The molecular formula is C15H24FNO. The fourth-order valence-electron chi connectivity index (χ4n) is 2.13. The molecule has 0 radical (unpaired) electrons. The average molecular weight is 253 g/mol. The smallest absolute Gasteiger partial charge is 0.123 e. The Hall–Kier alpha value is -0.930. The molecular weight excluding hydrogens is 229 g/mol. The third-order valence-electron chi connectivity index (χ3n) is 2.90. The van der Waals surface area contributed by atoms with Gasteiger partial charge in [-0.3, -0.25) is 0 Å². The number of rotatable bonds is 8. The first-order valence-corrected chi connectivity index (χ1v) is 6.75. The van der Waals surface area contributed by atoms with Gasteiger partial charge in [-0.05, 0) is 56.5 Å². The van der Waals surface area contributed by atoms with E-state index in [0.29, 0.717) is 0 Å². The Kier molecular flexibility index (Phi) is 6.91. The molecule has 0 fully saturated rings. The molecule has 0 heterocycles. The molecule has 1 aromatic rings. The number of ether oxygens (including phenoxy) is 1. The van der Waals surface area contributed by atoms with Gasteiger partial charge < -0.3 is 10.1 Å². The van der Waals surface area contributed by atoms with E-state index in [0.717, 1.165) is 43.7 Å². The third-order valence-corrected chi connectivity index (χ3v) is 2.90. The van der Waals surface area contributed by atoms with Gasteiger partial charge in [-0.15, -0.1) is 0 Å². The Bertz CT molecular complexity index is 334. The minimum Gasteiger partial charge on any atom is -0.382 e. The quantitative estimate of drug-likeness (QED) is 0.715. The maximum absolute atomic E-state index is 13.4. The summed E-state index contributed by atoms with van der Waals surface area (Å²) >= 11 is 0. The molecule has 0 aliphatic rings. The molecule has 0 bridgehead atoms. The van der Waals surface area contributed by atoms with E-state index < -0.39 is 0 Å². The fourth-order valence-corrected chi connectivity index (χ4v) is 2.13. The molecule has 1 unspecified atom stereocenters. The summed E-state index contributed by atoms with van der Waals surface area (Å²) in [5, 5.41) is 3.41. The van der Waals surface area contributed by atoms with Crippen LogP contribution in [-0.2, 0) is 4.74 Å². The van der Waals surface area contributed by atoms with E-state index in [1.54, 1.807) is 12.1 Å². The van der Waals surface area contributed by atoms with Crippen LogP contribution >= 0.6 is 0 Å². The third kappa shape index (κ3) is 5.15. The van der Waals surface area contributed by atoms with E-state index in [2.05, 4.69) is 18.3 Å². The number of hydrogen-bond donors (Lipinski definition) is 1. The predicted octanol–water partition coefficient (Wildman–Crippen LogP) is 3.60. The molecule has 0 spiro atoms. The second-order valence-electron chi connectivity index (χ2n) is 4.51. The van der Waals surface area contributed by atoms with Crippen LogP contribution in [-0.4, -0.2) is 19.8 Å². The highest BCUT2D eigenvalue weighted by Crippen LogP contribution is 2.21. The van der Waals surface area contributed by atoms with Crippen LogP contribution in [0.3, 0.4) is 0 Å². The highest BCUT2D eigenvalue weighted by molar-refractivity contribution is 5.26. The van der Waals surface area contributed by atoms with E-state index >= 15 is 0 Å². The van der Waals surface area contributed by atoms with Crippen molar-refractivity contribution in [2.45, 2.75) is 39.7 Å². The van der Waals surface area contributed by atoms with E-state index in [1.807, 2.05) is 13.8 Å². The van der Waals surface area contributed by atoms with Crippen molar-refractivity contribution in [1.29, 1.82) is 0 Å². The first-order valence-electron chi connectivity index (χ1n) is 6.75. The van der Waals surface area contributed by atoms with Crippen LogP contribution in [0, 0.1) is 12.7 Å². The van der Waals surface area contributed by atoms with Crippen LogP contribution in [0.25, 0.3) is 0 Å². The maximum Gasteiger partial charge on any atom is 0.123 e. The highest BCUT2D eigenvalue weighted by atomic mass is 19.1. The topological polar surface area (TPSA) is 21.3 Å². The van der Waals surface area contributed by atoms with Gasteiger partial charge in [0.05, 0.1) is 0 Å². The van der Waals surface area contributed by atoms with Gasteiger partial charge in [-0.25, -0.2) is 4.39 Å². The van der Waals surface area contributed by atoms with Gasteiger partial charge >= 0.3 is 0 Å². The highest BCUT2D eigenvalue weighted by Gasteiger charge is 2.11. The van der Waals surface area contributed by atoms with Crippen molar-refractivity contribution in [3.05, 3.63) is 35.1 Å². The fraction of sp³-hybridized carbons (Fsp3) is 0.600. The molecule has 1 N–H and O–H groups in total. The molecule has 1 rings (SSSR count). The first kappa shape index (κ1) is 15.1. The Balaban J connectivity index is 2.64. The number of halogens is 1. The molecule has 0 saturated heterocycles. The normalized spacial score (nSPS) is 12.7. The number of benzene rings is 1. The molecule has 18 heavy (non-hydrogen) atoms. The molecule has 0 amide bonds. The lowest BCUT2D eigenvalue weighted by Gasteiger charge is -2.19. The summed E-state index contributed by atoms with van der Waals surface area (Å²) in [6.45, 7) is 8.40. The van der Waals surface area contributed by atoms with Gasteiger partial charge in [-0.2, -0.15) is 0 Å². The van der Waals surface area contributed by atoms with Crippen molar-refractivity contribution in [1.82, 2.24) is 5.32 Å². The van der Waals surface area contributed by atoms with Gasteiger partial charge in [-0.1, -0.05) is 13.0 Å². The van der Waals surface area contributed by atoms with Gasteiger partial charge in [0.25, 0.3) is 0 Å². The second-order valence-corrected chi connectivity index (χ2v) is 4.51. The van der Waals surface area contributed by atoms with Crippen LogP contribution in [0.5, 0.6) is 0 Å². The lowest BCUT2D eigenvalue weighted by Crippen LogP contribution is -2.21. The molecule has 0 saturated carbocycles. The second kappa shape index (κ2) is 8.22. The molecule has 3 heteroatoms. The Morgan fingerprint density at radius 2 is 2.06 bits per heavy atom. The summed E-state index contributed by atoms with van der Waals surface area (Å²) in [7, 11) is 0. The summed E-state index contributed by atoms with van der Waals surface area (Å²) in [4.78, 5) is 0. The summed E-state index contributed by atoms with van der Waals surface area (Å²) in [6.07, 6.45) is 1.96. The van der Waals surface area contributed by atoms with Gasteiger partial charge in [0.2, 0.25) is 0 Å². The van der Waals surface area contributed by atoms with E-state index in [1.165, 1.54) is 0 Å². The zero-order valence-corrected chi connectivity index (χ0v) is 11.6. The van der Waals surface area contributed by atoms with Gasteiger partial charge in [0.1, 0.15) is 5.82 Å². The first-order chi connectivity index (χ1) is 8.67. The van der Waals surface area contributed by atoms with E-state index in [-0.39, 0.29) is 11.9 Å². The lowest BCUT2D eigenvalue weighted by atomic mass is 10.00. The van der Waals surface area contributed by atoms with Crippen molar-refractivity contribution >= 4 is 0 Å². The minimum absolute atomic E-state index is 0.155. The van der Waals surface area contributed by atoms with Gasteiger partial charge in [0, 0.05) is 19.3 Å². The molecule has 0 aromatic heterocycles. The molecule has 1 atom stereocenters. The average Bonchev–Trinajstić information content (AvgIpc) is 2.32. The SMILES string of the molecule is CCNC(CCCOCC)c1cc(C)cc(F)c1. The van der Waals surface area contributed by atoms with Crippen molar-refractivity contribution in [2.24, 2.45) is 0 Å². The Morgan fingerprint density at radius 1 is 1.28 bits per heavy atom. The summed E-state index contributed by atoms with van der Waals surface area (Å²) in [6, 6.07) is 5.45. The summed E-state index contributed by atoms with van der Waals surface area (Å²) < 4.78 is 18.8. The number of aryl methyl sites for hydroxylation is 1. The Morgan fingerprint density at radius 3 is 2.67 bits per heavy atom. The molecule has 102 valence electrons. The molecule has 0 aliphatic carbocycles. The standard InChI is InChI=1S/C15H24FNO/c1-4-17-15(7-6-8-18-5-2)13-9-12(3)10-14(16)11-13/h9-11,15,17H,4-8H2,1-3H3. The van der Waals surface area contributed by atoms with Crippen molar-refractivity contribution < 1.29 is 9.13 Å². The number of nitrogens with one attached hydrogen (secondary N) is 1. The summed E-state index contributed by atoms with van der Waals surface area (Å²) in [5.41, 5.74) is 2.00. The Labute approximate surface area is 110 Å². The van der Waals surface area contributed by atoms with Crippen LogP contribution in [0.1, 0.15) is 43.9 Å². The van der Waals surface area contributed by atoms with E-state index in [9.17, 15) is 4.39 Å². The number of hydrogen-bond acceptors (Lipinski definition) is 2. The van der Waals surface area contributed by atoms with Crippen molar-refractivity contribution in [2.75, 3.05) is 19.8 Å². The molecule has 2 nitrogen and oxygen atoms in total. The van der Waals surface area contributed by atoms with Crippen LogP contribution in [0.4, 0.5) is 4.39 Å². The zero-order chi connectivity index (χ0) is 13.4. The summed E-state index contributed by atoms with van der Waals surface area (Å²) in [5.74, 6) is -0.155. The van der Waals surface area contributed by atoms with Crippen molar-refractivity contribution in [3.8, 4) is 0 Å². The molecule has 1 aromatic carbocycles. The van der Waals surface area contributed by atoms with Crippen LogP contribution in [0.2, 0.25) is 0 Å². The van der Waals surface area contributed by atoms with Crippen LogP contribution in [0.15, 0.2) is 18.2 Å². The largest absolute Gasteiger partial charge is 0.382 e. The predicted molar refractivity (Wildman–Crippen MR) is 73.3 cm³/mol.